The van der Waals surface area contributed by atoms with Crippen LogP contribution in [0.3, 0.4) is 0 Å². The van der Waals surface area contributed by atoms with Crippen LogP contribution in [0.2, 0.25) is 5.02 Å². The van der Waals surface area contributed by atoms with Crippen LogP contribution < -0.4 is 0 Å². The van der Waals surface area contributed by atoms with Gasteiger partial charge < -0.3 is 0 Å². The quantitative estimate of drug-likeness (QED) is 0.498. The van der Waals surface area contributed by atoms with Gasteiger partial charge in [0.25, 0.3) is 0 Å². The molecule has 2 aromatic carbocycles. The third-order valence-electron chi connectivity index (χ3n) is 3.94. The van der Waals surface area contributed by atoms with E-state index in [9.17, 15) is 0 Å². The van der Waals surface area contributed by atoms with Gasteiger partial charge in [0, 0.05) is 22.4 Å². The Kier molecular flexibility index (Phi) is 4.38. The van der Waals surface area contributed by atoms with Gasteiger partial charge in [-0.15, -0.1) is 5.10 Å². The van der Waals surface area contributed by atoms with Gasteiger partial charge in [0.15, 0.2) is 0 Å². The Morgan fingerprint density at radius 1 is 1.08 bits per heavy atom. The van der Waals surface area contributed by atoms with Crippen LogP contribution in [-0.2, 0) is 5.75 Å². The lowest BCUT2D eigenvalue weighted by atomic mass is 10.1. The predicted molar refractivity (Wildman–Crippen MR) is 100 cm³/mol. The average Bonchev–Trinajstić information content (AvgIpc) is 3.10. The summed E-state index contributed by atoms with van der Waals surface area (Å²) in [4.78, 5) is 4.48. The summed E-state index contributed by atoms with van der Waals surface area (Å²) in [5.74, 6) is 0.705. The number of aromatic nitrogens is 5. The number of pyridine rings is 1. The summed E-state index contributed by atoms with van der Waals surface area (Å²) in [7, 11) is 0. The van der Waals surface area contributed by atoms with Crippen molar-refractivity contribution in [2.45, 2.75) is 17.8 Å². The van der Waals surface area contributed by atoms with Crippen molar-refractivity contribution in [2.75, 3.05) is 0 Å². The number of halogens is 1. The monoisotopic (exact) mass is 367 g/mol. The molecule has 0 atom stereocenters. The van der Waals surface area contributed by atoms with Gasteiger partial charge in [0.1, 0.15) is 0 Å². The average molecular weight is 368 g/mol. The van der Waals surface area contributed by atoms with Crippen LogP contribution in [0.1, 0.15) is 11.1 Å². The second-order valence-corrected chi connectivity index (χ2v) is 6.90. The Balaban J connectivity index is 1.65. The maximum Gasteiger partial charge on any atom is 0.214 e. The standard InChI is InChI=1S/C18H14ClN5S/c1-12-5-2-3-7-16(12)24-18(21-22-23-24)25-11-13-8-9-15(19)14-6-4-10-20-17(13)14/h2-10H,11H2,1H3. The van der Waals surface area contributed by atoms with Crippen molar-refractivity contribution >= 4 is 34.3 Å². The summed E-state index contributed by atoms with van der Waals surface area (Å²) >= 11 is 7.84. The minimum atomic E-state index is 0.705. The second kappa shape index (κ2) is 6.82. The highest BCUT2D eigenvalue weighted by molar-refractivity contribution is 7.98. The molecule has 0 aliphatic heterocycles. The summed E-state index contributed by atoms with van der Waals surface area (Å²) in [6.45, 7) is 2.04. The van der Waals surface area contributed by atoms with E-state index in [1.165, 1.54) is 0 Å². The van der Waals surface area contributed by atoms with Gasteiger partial charge >= 0.3 is 0 Å². The number of nitrogens with zero attached hydrogens (tertiary/aromatic N) is 5. The van der Waals surface area contributed by atoms with Crippen molar-refractivity contribution in [1.29, 1.82) is 0 Å². The number of para-hydroxylation sites is 1. The molecule has 0 unspecified atom stereocenters. The lowest BCUT2D eigenvalue weighted by Gasteiger charge is -2.08. The molecule has 0 saturated heterocycles. The van der Waals surface area contributed by atoms with E-state index in [4.69, 9.17) is 11.6 Å². The van der Waals surface area contributed by atoms with Crippen molar-refractivity contribution in [3.63, 3.8) is 0 Å². The molecule has 0 saturated carbocycles. The molecule has 0 spiro atoms. The van der Waals surface area contributed by atoms with Crippen LogP contribution in [0, 0.1) is 6.92 Å². The fourth-order valence-electron chi connectivity index (χ4n) is 2.68. The van der Waals surface area contributed by atoms with Gasteiger partial charge in [-0.3, -0.25) is 4.98 Å². The number of rotatable bonds is 4. The van der Waals surface area contributed by atoms with E-state index in [0.717, 1.165) is 32.9 Å². The summed E-state index contributed by atoms with van der Waals surface area (Å²) in [6.07, 6.45) is 1.78. The summed E-state index contributed by atoms with van der Waals surface area (Å²) in [5.41, 5.74) is 4.12. The molecule has 0 N–H and O–H groups in total. The predicted octanol–water partition coefficient (Wildman–Crippen LogP) is 4.46. The first kappa shape index (κ1) is 16.1. The Morgan fingerprint density at radius 3 is 2.84 bits per heavy atom. The Bertz CT molecular complexity index is 1050. The Hall–Kier alpha value is -2.44. The molecule has 0 fully saturated rings. The molecule has 0 amide bonds. The normalized spacial score (nSPS) is 11.1. The van der Waals surface area contributed by atoms with Crippen LogP contribution in [0.25, 0.3) is 16.6 Å². The van der Waals surface area contributed by atoms with Gasteiger partial charge in [0.2, 0.25) is 5.16 Å². The SMILES string of the molecule is Cc1ccccc1-n1nnnc1SCc1ccc(Cl)c2cccnc12. The molecule has 0 aliphatic carbocycles. The molecule has 0 bridgehead atoms. The number of hydrogen-bond acceptors (Lipinski definition) is 5. The molecule has 2 aromatic heterocycles. The lowest BCUT2D eigenvalue weighted by Crippen LogP contribution is -2.01. The fraction of sp³-hybridized carbons (Fsp3) is 0.111. The minimum absolute atomic E-state index is 0.705. The molecule has 124 valence electrons. The lowest BCUT2D eigenvalue weighted by molar-refractivity contribution is 0.752. The van der Waals surface area contributed by atoms with Crippen LogP contribution in [-0.4, -0.2) is 25.2 Å². The highest BCUT2D eigenvalue weighted by atomic mass is 35.5. The summed E-state index contributed by atoms with van der Waals surface area (Å²) in [6, 6.07) is 15.8. The topological polar surface area (TPSA) is 56.5 Å². The van der Waals surface area contributed by atoms with Crippen LogP contribution in [0.15, 0.2) is 59.9 Å². The van der Waals surface area contributed by atoms with E-state index < -0.39 is 0 Å². The van der Waals surface area contributed by atoms with Gasteiger partial charge in [-0.2, -0.15) is 4.68 Å². The number of hydrogen-bond donors (Lipinski definition) is 0. The third kappa shape index (κ3) is 3.10. The number of benzene rings is 2. The number of fused-ring (bicyclic) bond motifs is 1. The highest BCUT2D eigenvalue weighted by Crippen LogP contribution is 2.29. The van der Waals surface area contributed by atoms with Crippen molar-refractivity contribution in [1.82, 2.24) is 25.2 Å². The van der Waals surface area contributed by atoms with E-state index in [0.29, 0.717) is 10.8 Å². The van der Waals surface area contributed by atoms with Gasteiger partial charge in [-0.1, -0.05) is 47.6 Å². The van der Waals surface area contributed by atoms with Gasteiger partial charge in [-0.25, -0.2) is 0 Å². The van der Waals surface area contributed by atoms with Crippen molar-refractivity contribution < 1.29 is 0 Å². The van der Waals surface area contributed by atoms with Crippen molar-refractivity contribution in [3.8, 4) is 5.69 Å². The fourth-order valence-corrected chi connectivity index (χ4v) is 3.76. The van der Waals surface area contributed by atoms with E-state index in [1.807, 2.05) is 55.5 Å². The molecule has 0 radical (unpaired) electrons. The number of tetrazole rings is 1. The number of thioether (sulfide) groups is 1. The van der Waals surface area contributed by atoms with E-state index >= 15 is 0 Å². The van der Waals surface area contributed by atoms with Crippen LogP contribution in [0.4, 0.5) is 0 Å². The molecule has 7 heteroatoms. The van der Waals surface area contributed by atoms with E-state index in [2.05, 4.69) is 20.5 Å². The molecular weight excluding hydrogens is 354 g/mol. The largest absolute Gasteiger partial charge is 0.256 e. The molecule has 2 heterocycles. The Morgan fingerprint density at radius 2 is 1.96 bits per heavy atom. The maximum atomic E-state index is 6.27. The van der Waals surface area contributed by atoms with Crippen molar-refractivity contribution in [3.05, 3.63) is 70.9 Å². The zero-order valence-electron chi connectivity index (χ0n) is 13.4. The zero-order valence-corrected chi connectivity index (χ0v) is 15.0. The van der Waals surface area contributed by atoms with E-state index in [-0.39, 0.29) is 0 Å². The van der Waals surface area contributed by atoms with E-state index in [1.54, 1.807) is 22.6 Å². The van der Waals surface area contributed by atoms with Crippen LogP contribution >= 0.6 is 23.4 Å². The first-order valence-electron chi connectivity index (χ1n) is 7.73. The van der Waals surface area contributed by atoms with Gasteiger partial charge in [-0.05, 0) is 52.7 Å². The summed E-state index contributed by atoms with van der Waals surface area (Å²) in [5, 5.41) is 14.5. The zero-order chi connectivity index (χ0) is 17.2. The van der Waals surface area contributed by atoms with Crippen molar-refractivity contribution in [2.24, 2.45) is 0 Å². The second-order valence-electron chi connectivity index (χ2n) is 5.55. The third-order valence-corrected chi connectivity index (χ3v) is 5.24. The highest BCUT2D eigenvalue weighted by Gasteiger charge is 2.12. The smallest absolute Gasteiger partial charge is 0.214 e. The Labute approximate surface area is 154 Å². The first-order chi connectivity index (χ1) is 12.2. The molecule has 4 aromatic rings. The maximum absolute atomic E-state index is 6.27. The molecule has 0 aliphatic rings. The minimum Gasteiger partial charge on any atom is -0.256 e. The van der Waals surface area contributed by atoms with Crippen LogP contribution in [0.5, 0.6) is 0 Å². The molecular formula is C18H14ClN5S. The molecule has 25 heavy (non-hydrogen) atoms. The summed E-state index contributed by atoms with van der Waals surface area (Å²) < 4.78 is 1.77. The first-order valence-corrected chi connectivity index (χ1v) is 9.09. The molecule has 4 rings (SSSR count). The van der Waals surface area contributed by atoms with Gasteiger partial charge in [0.05, 0.1) is 11.2 Å². The number of aryl methyl sites for hydroxylation is 1. The molecule has 5 nitrogen and oxygen atoms in total.